The number of anilines is 1. The normalized spacial score (nSPS) is 15.5. The topological polar surface area (TPSA) is 84.4 Å². The van der Waals surface area contributed by atoms with Gasteiger partial charge in [-0.15, -0.1) is 0 Å². The third-order valence-electron chi connectivity index (χ3n) is 7.28. The van der Waals surface area contributed by atoms with Crippen LogP contribution in [0.1, 0.15) is 52.4 Å². The number of pyridine rings is 1. The lowest BCUT2D eigenvalue weighted by Crippen LogP contribution is -2.46. The molecule has 1 fully saturated rings. The van der Waals surface area contributed by atoms with E-state index < -0.39 is 11.9 Å². The van der Waals surface area contributed by atoms with Crippen LogP contribution in [0.5, 0.6) is 11.6 Å². The summed E-state index contributed by atoms with van der Waals surface area (Å²) in [5, 5.41) is 11.4. The summed E-state index contributed by atoms with van der Waals surface area (Å²) < 4.78 is 17.1. The molecule has 1 atom stereocenters. The van der Waals surface area contributed by atoms with Crippen molar-refractivity contribution >= 4 is 45.9 Å². The Labute approximate surface area is 252 Å². The molecule has 1 aliphatic rings. The fourth-order valence-corrected chi connectivity index (χ4v) is 5.44. The van der Waals surface area contributed by atoms with E-state index in [1.54, 1.807) is 13.0 Å². The molecular weight excluding hydrogens is 565 g/mol. The molecule has 0 amide bonds. The van der Waals surface area contributed by atoms with Crippen molar-refractivity contribution < 1.29 is 24.1 Å². The Morgan fingerprint density at radius 2 is 1.80 bits per heavy atom. The summed E-state index contributed by atoms with van der Waals surface area (Å²) in [6, 6.07) is 15.2. The Morgan fingerprint density at radius 1 is 1.02 bits per heavy atom. The SMILES string of the molecule is CCCCCC(C)(OC(=O)O)Oc1ccc2ccc(OCCCCN3CCN(c4cccc(Cl)c4Cl)CC3)cc2n1. The highest BCUT2D eigenvalue weighted by molar-refractivity contribution is 6.43. The summed E-state index contributed by atoms with van der Waals surface area (Å²) in [6.45, 7) is 9.18. The Morgan fingerprint density at radius 3 is 2.56 bits per heavy atom. The summed E-state index contributed by atoms with van der Waals surface area (Å²) in [5.41, 5.74) is 1.72. The second kappa shape index (κ2) is 14.8. The molecule has 41 heavy (non-hydrogen) atoms. The van der Waals surface area contributed by atoms with Crippen molar-refractivity contribution in [1.82, 2.24) is 9.88 Å². The van der Waals surface area contributed by atoms with Crippen LogP contribution in [0.3, 0.4) is 0 Å². The van der Waals surface area contributed by atoms with Crippen LogP contribution in [0.15, 0.2) is 48.5 Å². The molecule has 1 aromatic heterocycles. The van der Waals surface area contributed by atoms with Gasteiger partial charge in [0.25, 0.3) is 5.79 Å². The van der Waals surface area contributed by atoms with Crippen molar-refractivity contribution in [2.24, 2.45) is 0 Å². The third-order valence-corrected chi connectivity index (χ3v) is 8.09. The van der Waals surface area contributed by atoms with E-state index in [0.29, 0.717) is 34.5 Å². The van der Waals surface area contributed by atoms with Gasteiger partial charge in [-0.1, -0.05) is 49.0 Å². The second-order valence-electron chi connectivity index (χ2n) is 10.5. The molecule has 2 heterocycles. The highest BCUT2D eigenvalue weighted by Gasteiger charge is 2.31. The molecule has 0 radical (unpaired) electrons. The average Bonchev–Trinajstić information content (AvgIpc) is 2.94. The van der Waals surface area contributed by atoms with E-state index in [2.05, 4.69) is 21.7 Å². The number of hydrogen-bond donors (Lipinski definition) is 1. The van der Waals surface area contributed by atoms with Crippen LogP contribution in [0.2, 0.25) is 10.0 Å². The molecule has 222 valence electrons. The Kier molecular flexibility index (Phi) is 11.2. The van der Waals surface area contributed by atoms with Gasteiger partial charge < -0.3 is 24.2 Å². The number of benzene rings is 2. The molecular formula is C31H39Cl2N3O5. The number of rotatable bonds is 14. The molecule has 0 spiro atoms. The van der Waals surface area contributed by atoms with Gasteiger partial charge >= 0.3 is 6.16 Å². The zero-order valence-electron chi connectivity index (χ0n) is 23.8. The number of piperazine rings is 1. The van der Waals surface area contributed by atoms with Crippen LogP contribution >= 0.6 is 23.2 Å². The number of halogens is 2. The Balaban J connectivity index is 1.23. The molecule has 2 aromatic carbocycles. The van der Waals surface area contributed by atoms with Gasteiger partial charge in [-0.25, -0.2) is 9.78 Å². The first-order valence-electron chi connectivity index (χ1n) is 14.3. The maximum Gasteiger partial charge on any atom is 0.509 e. The highest BCUT2D eigenvalue weighted by Crippen LogP contribution is 2.33. The van der Waals surface area contributed by atoms with Crippen LogP contribution in [0, 0.1) is 0 Å². The van der Waals surface area contributed by atoms with E-state index in [4.69, 9.17) is 37.4 Å². The van der Waals surface area contributed by atoms with Gasteiger partial charge in [0.15, 0.2) is 0 Å². The third kappa shape index (κ3) is 9.02. The zero-order chi connectivity index (χ0) is 29.2. The second-order valence-corrected chi connectivity index (χ2v) is 11.3. The van der Waals surface area contributed by atoms with Gasteiger partial charge in [-0.2, -0.15) is 0 Å². The number of nitrogens with zero attached hydrogens (tertiary/aromatic N) is 3. The first-order chi connectivity index (χ1) is 19.8. The van der Waals surface area contributed by atoms with Gasteiger partial charge in [0.05, 0.1) is 27.9 Å². The van der Waals surface area contributed by atoms with Crippen molar-refractivity contribution in [2.75, 3.05) is 44.2 Å². The van der Waals surface area contributed by atoms with Gasteiger partial charge in [0.2, 0.25) is 5.88 Å². The van der Waals surface area contributed by atoms with Crippen LogP contribution < -0.4 is 14.4 Å². The maximum atomic E-state index is 11.3. The van der Waals surface area contributed by atoms with Gasteiger partial charge in [-0.3, -0.25) is 4.90 Å². The molecule has 8 nitrogen and oxygen atoms in total. The van der Waals surface area contributed by atoms with Gasteiger partial charge in [-0.05, 0) is 56.1 Å². The van der Waals surface area contributed by atoms with E-state index in [-0.39, 0.29) is 0 Å². The lowest BCUT2D eigenvalue weighted by atomic mass is 10.1. The molecule has 4 rings (SSSR count). The average molecular weight is 605 g/mol. The van der Waals surface area contributed by atoms with Crippen molar-refractivity contribution in [3.05, 3.63) is 58.6 Å². The molecule has 0 bridgehead atoms. The van der Waals surface area contributed by atoms with Crippen molar-refractivity contribution in [2.45, 2.75) is 58.2 Å². The first-order valence-corrected chi connectivity index (χ1v) is 15.1. The summed E-state index contributed by atoms with van der Waals surface area (Å²) in [4.78, 5) is 20.6. The number of carbonyl (C=O) groups is 1. The molecule has 3 aromatic rings. The summed E-state index contributed by atoms with van der Waals surface area (Å²) in [7, 11) is 0. The minimum absolute atomic E-state index is 0.313. The lowest BCUT2D eigenvalue weighted by molar-refractivity contribution is -0.146. The van der Waals surface area contributed by atoms with E-state index in [1.165, 1.54) is 0 Å². The van der Waals surface area contributed by atoms with E-state index in [9.17, 15) is 9.90 Å². The predicted molar refractivity (Wildman–Crippen MR) is 164 cm³/mol. The fourth-order valence-electron chi connectivity index (χ4n) is 5.03. The van der Waals surface area contributed by atoms with Crippen LogP contribution in [-0.2, 0) is 4.74 Å². The van der Waals surface area contributed by atoms with Crippen LogP contribution in [-0.4, -0.2) is 66.3 Å². The molecule has 0 saturated carbocycles. The van der Waals surface area contributed by atoms with Crippen LogP contribution in [0.25, 0.3) is 10.9 Å². The summed E-state index contributed by atoms with van der Waals surface area (Å²) >= 11 is 12.6. The molecule has 0 aliphatic carbocycles. The summed E-state index contributed by atoms with van der Waals surface area (Å²) in [6.07, 6.45) is 3.83. The van der Waals surface area contributed by atoms with Crippen molar-refractivity contribution in [1.29, 1.82) is 0 Å². The maximum absolute atomic E-state index is 11.3. The minimum Gasteiger partial charge on any atom is -0.494 e. The standard InChI is InChI=1S/C31H39Cl2N3O5/c1-3-4-5-15-31(2,41-30(37)38)40-28-14-12-23-11-13-24(22-26(23)34-28)39-21-7-6-16-35-17-19-36(20-18-35)27-10-8-9-25(32)29(27)33/h8-14,22H,3-7,15-21H2,1-2H3,(H,37,38). The number of aromatic nitrogens is 1. The van der Waals surface area contributed by atoms with Crippen molar-refractivity contribution in [3.63, 3.8) is 0 Å². The smallest absolute Gasteiger partial charge is 0.494 e. The number of ether oxygens (including phenoxy) is 3. The molecule has 1 unspecified atom stereocenters. The number of carboxylic acid groups (broad SMARTS) is 1. The molecule has 10 heteroatoms. The van der Waals surface area contributed by atoms with Gasteiger partial charge in [0.1, 0.15) is 5.75 Å². The number of hydrogen-bond acceptors (Lipinski definition) is 7. The Bertz CT molecular complexity index is 1300. The van der Waals surface area contributed by atoms with Gasteiger partial charge in [0, 0.05) is 57.0 Å². The summed E-state index contributed by atoms with van der Waals surface area (Å²) in [5.74, 6) is -0.251. The number of unbranched alkanes of at least 4 members (excludes halogenated alkanes) is 3. The van der Waals surface area contributed by atoms with E-state index >= 15 is 0 Å². The quantitative estimate of drug-likeness (QED) is 0.113. The van der Waals surface area contributed by atoms with E-state index in [1.807, 2.05) is 42.5 Å². The largest absolute Gasteiger partial charge is 0.509 e. The van der Waals surface area contributed by atoms with Crippen molar-refractivity contribution in [3.8, 4) is 11.6 Å². The highest BCUT2D eigenvalue weighted by atomic mass is 35.5. The lowest BCUT2D eigenvalue weighted by Gasteiger charge is -2.36. The molecule has 1 saturated heterocycles. The van der Waals surface area contributed by atoms with Crippen LogP contribution in [0.4, 0.5) is 10.5 Å². The molecule has 1 aliphatic heterocycles. The first kappa shape index (κ1) is 31.0. The minimum atomic E-state index is -1.37. The van der Waals surface area contributed by atoms with E-state index in [0.717, 1.165) is 81.7 Å². The Hall–Kier alpha value is -2.94. The monoisotopic (exact) mass is 603 g/mol. The predicted octanol–water partition coefficient (Wildman–Crippen LogP) is 7.89. The zero-order valence-corrected chi connectivity index (χ0v) is 25.3. The fraction of sp³-hybridized carbons (Fsp3) is 0.484. The molecule has 1 N–H and O–H groups in total. The number of fused-ring (bicyclic) bond motifs is 1.